The molecule has 2 aromatic carbocycles. The molecule has 0 aliphatic rings. The van der Waals surface area contributed by atoms with Crippen molar-refractivity contribution in [2.24, 2.45) is 0 Å². The zero-order valence-electron chi connectivity index (χ0n) is 9.04. The van der Waals surface area contributed by atoms with E-state index in [0.717, 1.165) is 0 Å². The lowest BCUT2D eigenvalue weighted by Crippen LogP contribution is -1.98. The normalized spacial score (nSPS) is 11.6. The Morgan fingerprint density at radius 1 is 1.24 bits per heavy atom. The van der Waals surface area contributed by atoms with E-state index in [0.29, 0.717) is 22.2 Å². The van der Waals surface area contributed by atoms with Gasteiger partial charge in [0.2, 0.25) is 0 Å². The van der Waals surface area contributed by atoms with Crippen molar-refractivity contribution in [1.82, 2.24) is 0 Å². The van der Waals surface area contributed by atoms with Crippen molar-refractivity contribution in [3.63, 3.8) is 0 Å². The lowest BCUT2D eigenvalue weighted by atomic mass is 10.1. The van der Waals surface area contributed by atoms with Crippen LogP contribution in [0.3, 0.4) is 0 Å². The Balaban J connectivity index is 2.78. The molecule has 0 amide bonds. The number of rotatable bonds is 2. The summed E-state index contributed by atoms with van der Waals surface area (Å²) in [6.07, 6.45) is 0. The summed E-state index contributed by atoms with van der Waals surface area (Å²) in [5, 5.41) is 1.33. The van der Waals surface area contributed by atoms with Gasteiger partial charge in [-0.2, -0.15) is 8.42 Å². The molecule has 0 heterocycles. The van der Waals surface area contributed by atoms with Crippen molar-refractivity contribution in [2.75, 3.05) is 12.8 Å². The predicted octanol–water partition coefficient (Wildman–Crippen LogP) is 1.68. The number of fused-ring (bicyclic) bond motifs is 1. The van der Waals surface area contributed by atoms with Gasteiger partial charge >= 0.3 is 0 Å². The third kappa shape index (κ3) is 2.04. The van der Waals surface area contributed by atoms with Crippen LogP contribution in [0.4, 0.5) is 5.69 Å². The van der Waals surface area contributed by atoms with Crippen LogP contribution in [0.1, 0.15) is 0 Å². The average molecular weight is 253 g/mol. The van der Waals surface area contributed by atoms with Crippen molar-refractivity contribution >= 4 is 26.6 Å². The molecule has 90 valence electrons. The third-order valence-corrected chi connectivity index (χ3v) is 3.32. The minimum Gasteiger partial charge on any atom is -0.494 e. The molecule has 0 unspecified atom stereocenters. The number of nitrogen functional groups attached to an aromatic ring is 1. The van der Waals surface area contributed by atoms with Crippen LogP contribution in [-0.2, 0) is 10.1 Å². The fraction of sp³-hybridized carbons (Fsp3) is 0.0909. The van der Waals surface area contributed by atoms with Gasteiger partial charge in [-0.3, -0.25) is 4.55 Å². The van der Waals surface area contributed by atoms with Crippen LogP contribution in [0.5, 0.6) is 5.75 Å². The van der Waals surface area contributed by atoms with Crippen molar-refractivity contribution in [2.45, 2.75) is 4.90 Å². The molecule has 0 radical (unpaired) electrons. The van der Waals surface area contributed by atoms with Crippen LogP contribution < -0.4 is 10.5 Å². The van der Waals surface area contributed by atoms with Crippen LogP contribution in [-0.4, -0.2) is 20.1 Å². The van der Waals surface area contributed by atoms with Gasteiger partial charge in [-0.05, 0) is 29.7 Å². The highest BCUT2D eigenvalue weighted by molar-refractivity contribution is 7.85. The summed E-state index contributed by atoms with van der Waals surface area (Å²) >= 11 is 0. The van der Waals surface area contributed by atoms with Gasteiger partial charge in [-0.25, -0.2) is 0 Å². The highest BCUT2D eigenvalue weighted by Crippen LogP contribution is 2.32. The average Bonchev–Trinajstić information content (AvgIpc) is 2.27. The van der Waals surface area contributed by atoms with Crippen LogP contribution in [0.2, 0.25) is 0 Å². The smallest absolute Gasteiger partial charge is 0.294 e. The molecule has 0 atom stereocenters. The first-order chi connectivity index (χ1) is 7.93. The molecule has 0 spiro atoms. The minimum atomic E-state index is -4.20. The molecule has 5 nitrogen and oxygen atoms in total. The SMILES string of the molecule is COc1c(N)ccc2cc(S(=O)(=O)O)ccc12. The molecular weight excluding hydrogens is 242 g/mol. The Labute approximate surface area is 98.6 Å². The molecule has 2 aromatic rings. The van der Waals surface area contributed by atoms with E-state index in [-0.39, 0.29) is 4.90 Å². The van der Waals surface area contributed by atoms with Crippen LogP contribution in [0.25, 0.3) is 10.8 Å². The summed E-state index contributed by atoms with van der Waals surface area (Å²) < 4.78 is 36.1. The van der Waals surface area contributed by atoms with E-state index < -0.39 is 10.1 Å². The van der Waals surface area contributed by atoms with Crippen LogP contribution in [0.15, 0.2) is 35.2 Å². The largest absolute Gasteiger partial charge is 0.494 e. The van der Waals surface area contributed by atoms with Gasteiger partial charge in [-0.15, -0.1) is 0 Å². The van der Waals surface area contributed by atoms with E-state index in [1.165, 1.54) is 19.2 Å². The minimum absolute atomic E-state index is 0.156. The predicted molar refractivity (Wildman–Crippen MR) is 64.7 cm³/mol. The summed E-state index contributed by atoms with van der Waals surface area (Å²) in [5.74, 6) is 0.490. The summed E-state index contributed by atoms with van der Waals surface area (Å²) in [6.45, 7) is 0. The van der Waals surface area contributed by atoms with E-state index in [4.69, 9.17) is 15.0 Å². The Kier molecular flexibility index (Phi) is 2.68. The molecule has 0 aliphatic heterocycles. The van der Waals surface area contributed by atoms with E-state index >= 15 is 0 Å². The molecule has 0 aliphatic carbocycles. The highest BCUT2D eigenvalue weighted by Gasteiger charge is 2.12. The number of nitrogens with two attached hydrogens (primary N) is 1. The molecule has 0 saturated carbocycles. The van der Waals surface area contributed by atoms with Gasteiger partial charge in [0.1, 0.15) is 5.75 Å². The maximum absolute atomic E-state index is 11.0. The molecule has 2 rings (SSSR count). The maximum atomic E-state index is 11.0. The second-order valence-corrected chi connectivity index (χ2v) is 4.97. The zero-order valence-corrected chi connectivity index (χ0v) is 9.86. The third-order valence-electron chi connectivity index (χ3n) is 2.47. The van der Waals surface area contributed by atoms with Gasteiger partial charge < -0.3 is 10.5 Å². The maximum Gasteiger partial charge on any atom is 0.294 e. The lowest BCUT2D eigenvalue weighted by Gasteiger charge is -2.09. The molecule has 0 bridgehead atoms. The lowest BCUT2D eigenvalue weighted by molar-refractivity contribution is 0.422. The van der Waals surface area contributed by atoms with Crippen LogP contribution in [0, 0.1) is 0 Å². The zero-order chi connectivity index (χ0) is 12.6. The Bertz CT molecular complexity index is 679. The number of hydrogen-bond acceptors (Lipinski definition) is 4. The number of ether oxygens (including phenoxy) is 1. The number of hydrogen-bond donors (Lipinski definition) is 2. The quantitative estimate of drug-likeness (QED) is 0.627. The molecular formula is C11H11NO4S. The number of anilines is 1. The summed E-state index contributed by atoms with van der Waals surface area (Å²) in [7, 11) is -2.71. The topological polar surface area (TPSA) is 89.6 Å². The molecule has 6 heteroatoms. The van der Waals surface area contributed by atoms with E-state index in [9.17, 15) is 8.42 Å². The fourth-order valence-corrected chi connectivity index (χ4v) is 2.20. The molecule has 0 saturated heterocycles. The van der Waals surface area contributed by atoms with Crippen LogP contribution >= 0.6 is 0 Å². The van der Waals surface area contributed by atoms with Crippen molar-refractivity contribution in [1.29, 1.82) is 0 Å². The molecule has 0 aromatic heterocycles. The number of benzene rings is 2. The van der Waals surface area contributed by atoms with E-state index in [1.54, 1.807) is 18.2 Å². The molecule has 17 heavy (non-hydrogen) atoms. The van der Waals surface area contributed by atoms with E-state index in [2.05, 4.69) is 0 Å². The monoisotopic (exact) mass is 253 g/mol. The Morgan fingerprint density at radius 2 is 1.94 bits per heavy atom. The molecule has 3 N–H and O–H groups in total. The van der Waals surface area contributed by atoms with Gasteiger partial charge in [0.05, 0.1) is 17.7 Å². The first kappa shape index (κ1) is 11.7. The van der Waals surface area contributed by atoms with Crippen molar-refractivity contribution in [3.05, 3.63) is 30.3 Å². The highest BCUT2D eigenvalue weighted by atomic mass is 32.2. The molecule has 0 fully saturated rings. The second-order valence-electron chi connectivity index (χ2n) is 3.55. The first-order valence-corrected chi connectivity index (χ1v) is 6.21. The van der Waals surface area contributed by atoms with Gasteiger partial charge in [0.15, 0.2) is 0 Å². The summed E-state index contributed by atoms with van der Waals surface area (Å²) in [5.41, 5.74) is 6.20. The first-order valence-electron chi connectivity index (χ1n) is 4.77. The Hall–Kier alpha value is -1.79. The fourth-order valence-electron chi connectivity index (χ4n) is 1.68. The van der Waals surface area contributed by atoms with E-state index in [1.807, 2.05) is 0 Å². The summed E-state index contributed by atoms with van der Waals surface area (Å²) in [4.78, 5) is -0.156. The summed E-state index contributed by atoms with van der Waals surface area (Å²) in [6, 6.07) is 7.51. The van der Waals surface area contributed by atoms with Gasteiger partial charge in [-0.1, -0.05) is 6.07 Å². The van der Waals surface area contributed by atoms with Crippen molar-refractivity contribution in [3.8, 4) is 5.75 Å². The standard InChI is InChI=1S/C11H11NO4S/c1-16-11-9-4-3-8(17(13,14)15)6-7(9)2-5-10(11)12/h2-6H,12H2,1H3,(H,13,14,15). The second kappa shape index (κ2) is 3.90. The van der Waals surface area contributed by atoms with Gasteiger partial charge in [0.25, 0.3) is 10.1 Å². The van der Waals surface area contributed by atoms with Gasteiger partial charge in [0, 0.05) is 5.39 Å². The number of methoxy groups -OCH3 is 1. The Morgan fingerprint density at radius 3 is 2.53 bits per heavy atom. The van der Waals surface area contributed by atoms with Crippen molar-refractivity contribution < 1.29 is 17.7 Å².